The van der Waals surface area contributed by atoms with Gasteiger partial charge in [-0.05, 0) is 49.7 Å². The van der Waals surface area contributed by atoms with Gasteiger partial charge in [-0.15, -0.1) is 10.2 Å². The van der Waals surface area contributed by atoms with E-state index in [0.717, 1.165) is 18.9 Å². The van der Waals surface area contributed by atoms with Crippen molar-refractivity contribution in [3.8, 4) is 28.3 Å². The van der Waals surface area contributed by atoms with Crippen LogP contribution in [0.1, 0.15) is 13.8 Å². The molecule has 0 bridgehead atoms. The van der Waals surface area contributed by atoms with Crippen molar-refractivity contribution < 1.29 is 9.50 Å². The molecule has 0 aliphatic carbocycles. The molecule has 1 aliphatic rings. The number of halogens is 1. The van der Waals surface area contributed by atoms with Crippen LogP contribution in [0.5, 0.6) is 5.75 Å². The predicted molar refractivity (Wildman–Crippen MR) is 121 cm³/mol. The Balaban J connectivity index is 1.42. The SMILES string of the molecule is CC1CN(c2ccc(-c3ncc(-c4cc(F)c5nn(C)cc5c4)cc3O)nn2)C[C@@H](C)N1. The predicted octanol–water partition coefficient (Wildman–Crippen LogP) is 3.12. The van der Waals surface area contributed by atoms with E-state index in [2.05, 4.69) is 44.3 Å². The maximum Gasteiger partial charge on any atom is 0.151 e. The van der Waals surface area contributed by atoms with E-state index < -0.39 is 5.82 Å². The summed E-state index contributed by atoms with van der Waals surface area (Å²) in [4.78, 5) is 6.58. The van der Waals surface area contributed by atoms with Crippen molar-refractivity contribution in [2.24, 2.45) is 7.05 Å². The second kappa shape index (κ2) is 7.83. The van der Waals surface area contributed by atoms with Crippen LogP contribution in [0.25, 0.3) is 33.4 Å². The van der Waals surface area contributed by atoms with Crippen LogP contribution >= 0.6 is 0 Å². The summed E-state index contributed by atoms with van der Waals surface area (Å²) in [6.07, 6.45) is 3.35. The molecule has 0 radical (unpaired) electrons. The lowest BCUT2D eigenvalue weighted by atomic mass is 10.0. The number of pyridine rings is 1. The van der Waals surface area contributed by atoms with Crippen LogP contribution in [-0.2, 0) is 7.05 Å². The molecule has 1 saturated heterocycles. The van der Waals surface area contributed by atoms with Gasteiger partial charge in [-0.25, -0.2) is 9.37 Å². The first kappa shape index (κ1) is 20.3. The zero-order chi connectivity index (χ0) is 22.4. The van der Waals surface area contributed by atoms with Crippen LogP contribution in [0.15, 0.2) is 42.7 Å². The van der Waals surface area contributed by atoms with E-state index in [4.69, 9.17) is 0 Å². The summed E-state index contributed by atoms with van der Waals surface area (Å²) < 4.78 is 16.0. The van der Waals surface area contributed by atoms with Crippen molar-refractivity contribution in [2.75, 3.05) is 18.0 Å². The summed E-state index contributed by atoms with van der Waals surface area (Å²) in [6.45, 7) is 6.00. The first-order valence-corrected chi connectivity index (χ1v) is 10.5. The topological polar surface area (TPSA) is 92.0 Å². The van der Waals surface area contributed by atoms with E-state index in [1.54, 1.807) is 30.2 Å². The third-order valence-corrected chi connectivity index (χ3v) is 5.65. The van der Waals surface area contributed by atoms with E-state index in [1.165, 1.54) is 6.07 Å². The normalized spacial score (nSPS) is 18.9. The highest BCUT2D eigenvalue weighted by Crippen LogP contribution is 2.32. The second-order valence-corrected chi connectivity index (χ2v) is 8.44. The first-order valence-electron chi connectivity index (χ1n) is 10.5. The lowest BCUT2D eigenvalue weighted by Gasteiger charge is -2.36. The van der Waals surface area contributed by atoms with Crippen LogP contribution in [0.3, 0.4) is 0 Å². The van der Waals surface area contributed by atoms with Gasteiger partial charge in [-0.1, -0.05) is 0 Å². The molecule has 32 heavy (non-hydrogen) atoms. The van der Waals surface area contributed by atoms with Crippen molar-refractivity contribution >= 4 is 16.7 Å². The van der Waals surface area contributed by atoms with Crippen molar-refractivity contribution in [1.29, 1.82) is 0 Å². The molecule has 2 N–H and O–H groups in total. The van der Waals surface area contributed by atoms with E-state index in [-0.39, 0.29) is 5.75 Å². The number of anilines is 1. The number of rotatable bonds is 3. The maximum absolute atomic E-state index is 14.4. The molecular formula is C23H24FN7O. The van der Waals surface area contributed by atoms with Crippen LogP contribution in [0, 0.1) is 5.82 Å². The fourth-order valence-corrected chi connectivity index (χ4v) is 4.32. The van der Waals surface area contributed by atoms with Crippen LogP contribution < -0.4 is 10.2 Å². The highest BCUT2D eigenvalue weighted by atomic mass is 19.1. The van der Waals surface area contributed by atoms with E-state index in [0.29, 0.717) is 45.5 Å². The van der Waals surface area contributed by atoms with Crippen molar-refractivity contribution in [1.82, 2.24) is 30.3 Å². The number of hydrogen-bond acceptors (Lipinski definition) is 7. The Hall–Kier alpha value is -3.59. The summed E-state index contributed by atoms with van der Waals surface area (Å²) in [6, 6.07) is 9.23. The fraction of sp³-hybridized carbons (Fsp3) is 0.304. The first-order chi connectivity index (χ1) is 15.4. The van der Waals surface area contributed by atoms with Crippen LogP contribution in [0.4, 0.5) is 10.2 Å². The van der Waals surface area contributed by atoms with E-state index >= 15 is 0 Å². The van der Waals surface area contributed by atoms with Crippen molar-refractivity contribution in [3.05, 3.63) is 48.5 Å². The number of aromatic nitrogens is 5. The largest absolute Gasteiger partial charge is 0.506 e. The minimum absolute atomic E-state index is 0.0411. The summed E-state index contributed by atoms with van der Waals surface area (Å²) in [7, 11) is 1.75. The smallest absolute Gasteiger partial charge is 0.151 e. The maximum atomic E-state index is 14.4. The van der Waals surface area contributed by atoms with Crippen molar-refractivity contribution in [3.63, 3.8) is 0 Å². The zero-order valence-corrected chi connectivity index (χ0v) is 18.1. The number of benzene rings is 1. The number of fused-ring (bicyclic) bond motifs is 1. The average molecular weight is 433 g/mol. The molecular weight excluding hydrogens is 409 g/mol. The van der Waals surface area contributed by atoms with Gasteiger partial charge in [0, 0.05) is 55.6 Å². The molecule has 1 aromatic carbocycles. The molecule has 3 aromatic heterocycles. The minimum atomic E-state index is -0.417. The van der Waals surface area contributed by atoms with Gasteiger partial charge in [0.15, 0.2) is 11.6 Å². The number of aromatic hydroxyl groups is 1. The summed E-state index contributed by atoms with van der Waals surface area (Å²) in [5.41, 5.74) is 2.33. The summed E-state index contributed by atoms with van der Waals surface area (Å²) >= 11 is 0. The molecule has 4 heterocycles. The fourth-order valence-electron chi connectivity index (χ4n) is 4.32. The van der Waals surface area contributed by atoms with Crippen molar-refractivity contribution in [2.45, 2.75) is 25.9 Å². The van der Waals surface area contributed by atoms with Gasteiger partial charge in [-0.3, -0.25) is 4.68 Å². The van der Waals surface area contributed by atoms with Gasteiger partial charge in [0.25, 0.3) is 0 Å². The molecule has 1 unspecified atom stereocenters. The van der Waals surface area contributed by atoms with Crippen LogP contribution in [0.2, 0.25) is 0 Å². The minimum Gasteiger partial charge on any atom is -0.506 e. The molecule has 0 amide bonds. The number of piperazine rings is 1. The Morgan fingerprint density at radius 3 is 2.53 bits per heavy atom. The average Bonchev–Trinajstić information content (AvgIpc) is 3.14. The molecule has 8 nitrogen and oxygen atoms in total. The molecule has 9 heteroatoms. The van der Waals surface area contributed by atoms with Gasteiger partial charge < -0.3 is 15.3 Å². The molecule has 0 spiro atoms. The van der Waals surface area contributed by atoms with E-state index in [9.17, 15) is 9.50 Å². The quantitative estimate of drug-likeness (QED) is 0.513. The highest BCUT2D eigenvalue weighted by Gasteiger charge is 2.22. The third kappa shape index (κ3) is 3.75. The number of hydrogen-bond donors (Lipinski definition) is 2. The molecule has 4 aromatic rings. The van der Waals surface area contributed by atoms with Gasteiger partial charge in [-0.2, -0.15) is 5.10 Å². The molecule has 1 aliphatic heterocycles. The Morgan fingerprint density at radius 1 is 1.06 bits per heavy atom. The third-order valence-electron chi connectivity index (χ3n) is 5.65. The van der Waals surface area contributed by atoms with E-state index in [1.807, 2.05) is 18.2 Å². The monoisotopic (exact) mass is 433 g/mol. The van der Waals surface area contributed by atoms with Gasteiger partial charge in [0.2, 0.25) is 0 Å². The lowest BCUT2D eigenvalue weighted by molar-refractivity contribution is 0.404. The standard InChI is InChI=1S/C23H24FN7O/c1-13-10-31(11-14(2)26-13)21-5-4-19(27-28-21)23-20(32)8-16(9-25-23)15-6-17-12-30(3)29-22(17)18(24)7-15/h4-9,12-14,26,32H,10-11H2,1-3H3/t13-,14?/m1/s1. The molecule has 5 rings (SSSR count). The molecule has 0 saturated carbocycles. The lowest BCUT2D eigenvalue weighted by Crippen LogP contribution is -2.54. The Morgan fingerprint density at radius 2 is 1.84 bits per heavy atom. The Labute approximate surface area is 184 Å². The summed E-state index contributed by atoms with van der Waals surface area (Å²) in [5.74, 6) is 0.339. The molecule has 164 valence electrons. The second-order valence-electron chi connectivity index (χ2n) is 8.44. The zero-order valence-electron chi connectivity index (χ0n) is 18.1. The highest BCUT2D eigenvalue weighted by molar-refractivity contribution is 5.85. The van der Waals surface area contributed by atoms with Gasteiger partial charge in [0.1, 0.15) is 22.7 Å². The summed E-state index contributed by atoms with van der Waals surface area (Å²) in [5, 5.41) is 27.6. The molecule has 2 atom stereocenters. The number of nitrogens with zero attached hydrogens (tertiary/aromatic N) is 6. The Bertz CT molecular complexity index is 1280. The Kier molecular flexibility index (Phi) is 4.97. The van der Waals surface area contributed by atoms with Crippen LogP contribution in [-0.4, -0.2) is 55.2 Å². The number of nitrogens with one attached hydrogen (secondary N) is 1. The van der Waals surface area contributed by atoms with Gasteiger partial charge >= 0.3 is 0 Å². The van der Waals surface area contributed by atoms with Gasteiger partial charge in [0.05, 0.1) is 0 Å². The molecule has 1 fully saturated rings. The number of aryl methyl sites for hydroxylation is 1.